The van der Waals surface area contributed by atoms with E-state index in [1.54, 1.807) is 18.2 Å². The van der Waals surface area contributed by atoms with Gasteiger partial charge in [-0.2, -0.15) is 0 Å². The summed E-state index contributed by atoms with van der Waals surface area (Å²) in [6, 6.07) is 6.10. The van der Waals surface area contributed by atoms with Gasteiger partial charge in [0.1, 0.15) is 16.8 Å². The molecular weight excluding hydrogens is 312 g/mol. The Morgan fingerprint density at radius 2 is 1.89 bits per heavy atom. The summed E-state index contributed by atoms with van der Waals surface area (Å²) < 4.78 is 13.4. The highest BCUT2D eigenvalue weighted by molar-refractivity contribution is 6.41. The van der Waals surface area contributed by atoms with Crippen molar-refractivity contribution in [3.63, 3.8) is 0 Å². The second-order valence-electron chi connectivity index (χ2n) is 3.82. The van der Waals surface area contributed by atoms with Gasteiger partial charge in [0.2, 0.25) is 0 Å². The van der Waals surface area contributed by atoms with E-state index in [0.29, 0.717) is 27.6 Å². The average molecular weight is 317 g/mol. The summed E-state index contributed by atoms with van der Waals surface area (Å²) in [4.78, 5) is 11.2. The number of aromatic nitrogens is 3. The number of aromatic amines is 1. The van der Waals surface area contributed by atoms with Crippen LogP contribution in [0.25, 0.3) is 22.6 Å². The molecule has 0 aliphatic rings. The molecule has 7 heteroatoms. The minimum Gasteiger partial charge on any atom is -0.336 e. The van der Waals surface area contributed by atoms with E-state index in [1.165, 1.54) is 6.07 Å². The minimum absolute atomic E-state index is 0.00116. The number of pyridine rings is 1. The van der Waals surface area contributed by atoms with Crippen LogP contribution >= 0.6 is 34.8 Å². The Morgan fingerprint density at radius 3 is 2.68 bits per heavy atom. The molecule has 0 amide bonds. The standard InChI is InChI=1S/C12H5Cl3FN3/c13-6-4-8-12(18-10(6)15)19-11(17-8)5-2-1-3-7(16)9(5)14/h1-4H,(H,17,18,19). The number of rotatable bonds is 1. The fourth-order valence-electron chi connectivity index (χ4n) is 1.71. The molecule has 0 saturated heterocycles. The molecule has 1 aromatic carbocycles. The predicted octanol–water partition coefficient (Wildman–Crippen LogP) is 4.72. The Hall–Kier alpha value is -1.36. The van der Waals surface area contributed by atoms with Gasteiger partial charge in [0.15, 0.2) is 5.65 Å². The third kappa shape index (κ3) is 2.16. The van der Waals surface area contributed by atoms with Gasteiger partial charge in [-0.25, -0.2) is 14.4 Å². The number of hydrogen-bond acceptors (Lipinski definition) is 2. The van der Waals surface area contributed by atoms with Crippen LogP contribution in [0.3, 0.4) is 0 Å². The van der Waals surface area contributed by atoms with Gasteiger partial charge in [0, 0.05) is 5.56 Å². The van der Waals surface area contributed by atoms with Crippen molar-refractivity contribution >= 4 is 46.0 Å². The van der Waals surface area contributed by atoms with E-state index in [0.717, 1.165) is 0 Å². The van der Waals surface area contributed by atoms with Gasteiger partial charge in [-0.05, 0) is 18.2 Å². The molecule has 3 nitrogen and oxygen atoms in total. The van der Waals surface area contributed by atoms with Crippen LogP contribution in [-0.4, -0.2) is 15.0 Å². The molecule has 0 aliphatic heterocycles. The van der Waals surface area contributed by atoms with Crippen molar-refractivity contribution in [2.75, 3.05) is 0 Å². The van der Waals surface area contributed by atoms with E-state index >= 15 is 0 Å². The predicted molar refractivity (Wildman–Crippen MR) is 74.3 cm³/mol. The fourth-order valence-corrected chi connectivity index (χ4v) is 2.21. The first kappa shape index (κ1) is 12.7. The monoisotopic (exact) mass is 315 g/mol. The van der Waals surface area contributed by atoms with Crippen LogP contribution in [0.4, 0.5) is 4.39 Å². The van der Waals surface area contributed by atoms with Crippen molar-refractivity contribution in [1.82, 2.24) is 15.0 Å². The third-order valence-electron chi connectivity index (χ3n) is 2.59. The molecule has 3 rings (SSSR count). The Kier molecular flexibility index (Phi) is 3.09. The number of imidazole rings is 1. The summed E-state index contributed by atoms with van der Waals surface area (Å²) in [5.74, 6) is -0.103. The summed E-state index contributed by atoms with van der Waals surface area (Å²) in [5.41, 5.74) is 1.45. The Morgan fingerprint density at radius 1 is 1.11 bits per heavy atom. The average Bonchev–Trinajstić information content (AvgIpc) is 2.76. The van der Waals surface area contributed by atoms with Crippen molar-refractivity contribution in [3.8, 4) is 11.4 Å². The number of benzene rings is 1. The molecule has 1 N–H and O–H groups in total. The molecular formula is C12H5Cl3FN3. The molecule has 0 radical (unpaired) electrons. The van der Waals surface area contributed by atoms with Crippen molar-refractivity contribution in [3.05, 3.63) is 45.3 Å². The lowest BCUT2D eigenvalue weighted by molar-refractivity contribution is 0.628. The zero-order chi connectivity index (χ0) is 13.6. The van der Waals surface area contributed by atoms with Crippen LogP contribution in [0.1, 0.15) is 0 Å². The zero-order valence-electron chi connectivity index (χ0n) is 9.22. The summed E-state index contributed by atoms with van der Waals surface area (Å²) in [7, 11) is 0. The lowest BCUT2D eigenvalue weighted by Gasteiger charge is -2.00. The molecule has 0 aliphatic carbocycles. The number of fused-ring (bicyclic) bond motifs is 1. The maximum atomic E-state index is 13.4. The fraction of sp³-hybridized carbons (Fsp3) is 0. The van der Waals surface area contributed by atoms with E-state index in [1.807, 2.05) is 0 Å². The SMILES string of the molecule is Fc1cccc(-c2nc3nc(Cl)c(Cl)cc3[nH]2)c1Cl. The molecule has 0 unspecified atom stereocenters. The highest BCUT2D eigenvalue weighted by atomic mass is 35.5. The second kappa shape index (κ2) is 4.63. The molecule has 0 spiro atoms. The van der Waals surface area contributed by atoms with E-state index in [2.05, 4.69) is 15.0 Å². The Labute approximate surface area is 122 Å². The van der Waals surface area contributed by atoms with Crippen LogP contribution in [0.5, 0.6) is 0 Å². The van der Waals surface area contributed by atoms with Crippen LogP contribution in [0.15, 0.2) is 24.3 Å². The van der Waals surface area contributed by atoms with Crippen LogP contribution in [-0.2, 0) is 0 Å². The van der Waals surface area contributed by atoms with Gasteiger partial charge in [-0.3, -0.25) is 0 Å². The minimum atomic E-state index is -0.511. The summed E-state index contributed by atoms with van der Waals surface area (Å²) in [6.45, 7) is 0. The largest absolute Gasteiger partial charge is 0.336 e. The number of nitrogens with one attached hydrogen (secondary N) is 1. The summed E-state index contributed by atoms with van der Waals surface area (Å²) >= 11 is 17.6. The van der Waals surface area contributed by atoms with E-state index in [4.69, 9.17) is 34.8 Å². The lowest BCUT2D eigenvalue weighted by Crippen LogP contribution is -1.85. The van der Waals surface area contributed by atoms with Gasteiger partial charge in [0.05, 0.1) is 15.6 Å². The van der Waals surface area contributed by atoms with Gasteiger partial charge in [0.25, 0.3) is 0 Å². The molecule has 0 fully saturated rings. The number of H-pyrrole nitrogens is 1. The van der Waals surface area contributed by atoms with Crippen LogP contribution < -0.4 is 0 Å². The first-order chi connectivity index (χ1) is 9.06. The van der Waals surface area contributed by atoms with Crippen LogP contribution in [0.2, 0.25) is 15.2 Å². The lowest BCUT2D eigenvalue weighted by atomic mass is 10.2. The third-order valence-corrected chi connectivity index (χ3v) is 3.65. The number of nitrogens with zero attached hydrogens (tertiary/aromatic N) is 2. The number of hydrogen-bond donors (Lipinski definition) is 1. The van der Waals surface area contributed by atoms with Gasteiger partial charge >= 0.3 is 0 Å². The van der Waals surface area contributed by atoms with E-state index in [-0.39, 0.29) is 10.2 Å². The Bertz CT molecular complexity index is 746. The maximum absolute atomic E-state index is 13.4. The molecule has 0 atom stereocenters. The highest BCUT2D eigenvalue weighted by Gasteiger charge is 2.13. The first-order valence-electron chi connectivity index (χ1n) is 5.22. The zero-order valence-corrected chi connectivity index (χ0v) is 11.5. The van der Waals surface area contributed by atoms with E-state index < -0.39 is 5.82 Å². The maximum Gasteiger partial charge on any atom is 0.179 e. The normalized spacial score (nSPS) is 11.2. The van der Waals surface area contributed by atoms with Crippen LogP contribution in [0, 0.1) is 5.82 Å². The van der Waals surface area contributed by atoms with Crippen molar-refractivity contribution in [2.24, 2.45) is 0 Å². The molecule has 19 heavy (non-hydrogen) atoms. The molecule has 2 heterocycles. The number of halogens is 4. The van der Waals surface area contributed by atoms with E-state index in [9.17, 15) is 4.39 Å². The highest BCUT2D eigenvalue weighted by Crippen LogP contribution is 2.30. The smallest absolute Gasteiger partial charge is 0.179 e. The van der Waals surface area contributed by atoms with Gasteiger partial charge < -0.3 is 4.98 Å². The van der Waals surface area contributed by atoms with Crippen molar-refractivity contribution < 1.29 is 4.39 Å². The Balaban J connectivity index is 2.23. The summed E-state index contributed by atoms with van der Waals surface area (Å²) in [6.07, 6.45) is 0. The summed E-state index contributed by atoms with van der Waals surface area (Å²) in [5, 5.41) is 0.478. The van der Waals surface area contributed by atoms with Crippen molar-refractivity contribution in [2.45, 2.75) is 0 Å². The van der Waals surface area contributed by atoms with Crippen molar-refractivity contribution in [1.29, 1.82) is 0 Å². The van der Waals surface area contributed by atoms with Gasteiger partial charge in [-0.15, -0.1) is 0 Å². The topological polar surface area (TPSA) is 41.6 Å². The molecule has 0 bridgehead atoms. The molecule has 2 aromatic heterocycles. The molecule has 3 aromatic rings. The molecule has 96 valence electrons. The second-order valence-corrected chi connectivity index (χ2v) is 4.96. The van der Waals surface area contributed by atoms with Gasteiger partial charge in [-0.1, -0.05) is 40.9 Å². The molecule has 0 saturated carbocycles. The quantitative estimate of drug-likeness (QED) is 0.660. The first-order valence-corrected chi connectivity index (χ1v) is 6.36.